The molecule has 0 spiro atoms. The summed E-state index contributed by atoms with van der Waals surface area (Å²) < 4.78 is 18.5. The number of nitrogens with zero attached hydrogens (tertiary/aromatic N) is 6. The first kappa shape index (κ1) is 36.0. The molecule has 0 fully saturated rings. The van der Waals surface area contributed by atoms with Crippen LogP contribution in [0.4, 0.5) is 0 Å². The number of hydrogen-bond donors (Lipinski definition) is 6. The van der Waals surface area contributed by atoms with E-state index in [0.29, 0.717) is 109 Å². The Kier molecular flexibility index (Phi) is 10.7. The van der Waals surface area contributed by atoms with E-state index in [0.717, 1.165) is 0 Å². The molecule has 12 N–H and O–H groups in total. The zero-order valence-electron chi connectivity index (χ0n) is 29.7. The highest BCUT2D eigenvalue weighted by atomic mass is 16.5. The van der Waals surface area contributed by atoms with Crippen molar-refractivity contribution in [3.63, 3.8) is 0 Å². The second kappa shape index (κ2) is 16.1. The zero-order chi connectivity index (χ0) is 37.6. The lowest BCUT2D eigenvalue weighted by atomic mass is 10.1. The number of aromatic nitrogens is 6. The summed E-state index contributed by atoms with van der Waals surface area (Å²) in [4.78, 5) is 28.1. The van der Waals surface area contributed by atoms with Gasteiger partial charge in [0.25, 0.3) is 0 Å². The minimum Gasteiger partial charge on any atom is -0.493 e. The van der Waals surface area contributed by atoms with Gasteiger partial charge in [0.15, 0.2) is 0 Å². The number of hydrogen-bond acceptors (Lipinski definition) is 12. The van der Waals surface area contributed by atoms with Crippen molar-refractivity contribution in [2.24, 2.45) is 0 Å². The van der Waals surface area contributed by atoms with Crippen molar-refractivity contribution in [3.05, 3.63) is 72.8 Å². The van der Waals surface area contributed by atoms with Crippen LogP contribution in [0.3, 0.4) is 0 Å². The van der Waals surface area contributed by atoms with E-state index in [4.69, 9.17) is 29.2 Å². The molecule has 0 unspecified atom stereocenters. The van der Waals surface area contributed by atoms with Gasteiger partial charge >= 0.3 is 0 Å². The van der Waals surface area contributed by atoms with E-state index in [1.54, 1.807) is 54.6 Å². The van der Waals surface area contributed by atoms with E-state index < -0.39 is 17.6 Å². The molecule has 6 bridgehead atoms. The summed E-state index contributed by atoms with van der Waals surface area (Å²) >= 11 is 0. The molecule has 0 atom stereocenters. The molecule has 4 heterocycles. The molecule has 0 radical (unpaired) electrons. The van der Waals surface area contributed by atoms with E-state index >= 15 is 0 Å². The Morgan fingerprint density at radius 2 is 0.704 bits per heavy atom. The van der Waals surface area contributed by atoms with Gasteiger partial charge in [0.2, 0.25) is 17.6 Å². The fourth-order valence-corrected chi connectivity index (χ4v) is 5.95. The highest BCUT2D eigenvalue weighted by Gasteiger charge is 2.15. The Labute approximate surface area is 308 Å². The number of aromatic hydroxyl groups is 3. The molecule has 276 valence electrons. The number of benzene rings is 3. The summed E-state index contributed by atoms with van der Waals surface area (Å²) in [5.74, 6) is 0.0321. The molecule has 15 nitrogen and oxygen atoms in total. The molecule has 0 aliphatic heterocycles. The summed E-state index contributed by atoms with van der Waals surface area (Å²) in [5, 5.41) is 36.6. The van der Waals surface area contributed by atoms with Crippen molar-refractivity contribution in [3.8, 4) is 34.9 Å². The molecule has 0 saturated heterocycles. The van der Waals surface area contributed by atoms with Crippen molar-refractivity contribution in [2.45, 2.75) is 19.3 Å². The minimum absolute atomic E-state index is 0.0921. The molecule has 0 amide bonds. The first-order chi connectivity index (χ1) is 26.4. The summed E-state index contributed by atoms with van der Waals surface area (Å²) in [7, 11) is 0. The number of fused-ring (bicyclic) bond motifs is 3. The summed E-state index contributed by atoms with van der Waals surface area (Å²) in [6, 6.07) is 20.7. The van der Waals surface area contributed by atoms with Gasteiger partial charge in [0.05, 0.1) is 56.0 Å². The third-order valence-corrected chi connectivity index (χ3v) is 8.66. The van der Waals surface area contributed by atoms with E-state index in [2.05, 4.69) is 32.2 Å². The predicted molar refractivity (Wildman–Crippen MR) is 203 cm³/mol. The van der Waals surface area contributed by atoms with Gasteiger partial charge in [-0.1, -0.05) is 18.2 Å². The zero-order valence-corrected chi connectivity index (χ0v) is 29.7. The van der Waals surface area contributed by atoms with Crippen LogP contribution < -0.4 is 31.4 Å². The maximum Gasteiger partial charge on any atom is 0.238 e. The van der Waals surface area contributed by atoms with Crippen molar-refractivity contribution < 1.29 is 46.7 Å². The molecular weight excluding hydrogens is 690 g/mol. The van der Waals surface area contributed by atoms with Crippen molar-refractivity contribution >= 4 is 65.8 Å². The van der Waals surface area contributed by atoms with Gasteiger partial charge < -0.3 is 46.7 Å². The van der Waals surface area contributed by atoms with Crippen molar-refractivity contribution in [1.29, 1.82) is 0 Å². The highest BCUT2D eigenvalue weighted by molar-refractivity contribution is 6.01. The average Bonchev–Trinajstić information content (AvgIpc) is 3.18. The largest absolute Gasteiger partial charge is 0.493 e. The first-order valence-electron chi connectivity index (χ1n) is 17.8. The molecule has 0 aliphatic rings. The van der Waals surface area contributed by atoms with Crippen molar-refractivity contribution in [1.82, 2.24) is 29.9 Å². The summed E-state index contributed by atoms with van der Waals surface area (Å²) in [6.07, 6.45) is 2.10. The molecule has 0 saturated carbocycles. The first-order valence-corrected chi connectivity index (χ1v) is 17.8. The fraction of sp³-hybridized carbons (Fsp3) is 0.231. The van der Waals surface area contributed by atoms with Crippen LogP contribution >= 0.6 is 0 Å². The SMILES string of the molecule is [NH3+]CCCOc1cc2nc3c(cccc13)nc(O)c1cc(OCCC[NH3+])c3cccc(nc(O)c4cc(OCCC[NH3+])c5cccc(nc2O)c5n4)c3n1. The van der Waals surface area contributed by atoms with Gasteiger partial charge in [-0.15, -0.1) is 0 Å². The molecular formula is C39H42N9O6+3. The van der Waals surface area contributed by atoms with Crippen LogP contribution in [0.5, 0.6) is 34.9 Å². The Morgan fingerprint density at radius 1 is 0.407 bits per heavy atom. The molecule has 7 rings (SSSR count). The number of para-hydroxylation sites is 3. The number of rotatable bonds is 12. The third-order valence-electron chi connectivity index (χ3n) is 8.66. The van der Waals surface area contributed by atoms with Crippen LogP contribution in [0.25, 0.3) is 65.8 Å². The van der Waals surface area contributed by atoms with Gasteiger partial charge in [-0.25, -0.2) is 29.9 Å². The van der Waals surface area contributed by atoms with E-state index in [-0.39, 0.29) is 33.1 Å². The lowest BCUT2D eigenvalue weighted by Gasteiger charge is -2.11. The number of pyridine rings is 3. The highest BCUT2D eigenvalue weighted by Crippen LogP contribution is 2.35. The summed E-state index contributed by atoms with van der Waals surface area (Å²) in [5.41, 5.74) is 13.9. The Bertz CT molecular complexity index is 2340. The van der Waals surface area contributed by atoms with Crippen LogP contribution in [0, 0.1) is 0 Å². The second-order valence-corrected chi connectivity index (χ2v) is 12.5. The van der Waals surface area contributed by atoms with Crippen LogP contribution in [-0.2, 0) is 0 Å². The molecule has 3 aromatic carbocycles. The monoisotopic (exact) mass is 732 g/mol. The van der Waals surface area contributed by atoms with Crippen LogP contribution in [0.1, 0.15) is 19.3 Å². The fourth-order valence-electron chi connectivity index (χ4n) is 5.95. The predicted octanol–water partition coefficient (Wildman–Crippen LogP) is 2.81. The smallest absolute Gasteiger partial charge is 0.238 e. The van der Waals surface area contributed by atoms with Gasteiger partial charge in [-0.2, -0.15) is 0 Å². The normalized spacial score (nSPS) is 11.4. The summed E-state index contributed by atoms with van der Waals surface area (Å²) in [6.45, 7) is 3.13. The molecule has 15 heteroatoms. The minimum atomic E-state index is -0.426. The van der Waals surface area contributed by atoms with E-state index in [1.165, 1.54) is 0 Å². The van der Waals surface area contributed by atoms with Gasteiger partial charge in [-0.05, 0) is 36.4 Å². The Balaban J connectivity index is 1.66. The molecule has 54 heavy (non-hydrogen) atoms. The van der Waals surface area contributed by atoms with E-state index in [9.17, 15) is 15.3 Å². The van der Waals surface area contributed by atoms with Crippen LogP contribution in [-0.4, -0.2) is 84.7 Å². The maximum atomic E-state index is 11.6. The maximum absolute atomic E-state index is 11.6. The lowest BCUT2D eigenvalue weighted by molar-refractivity contribution is -0.369. The topological polar surface area (TPSA) is 249 Å². The molecule has 7 aromatic rings. The standard InChI is InChI=1S/C39H39N9O6/c40-13-4-16-52-31-19-28-38(50)47-27-12-3-9-24-33(54-18-6-15-42)21-30(45-36(24)27)39(51)48-26-11-2-8-23-32(53-17-5-14-41)20-29(44-35(23)26)37(49)46-25-10-1-7-22(31)34(25)43-28/h1-3,7-12,19-21H,4-6,13-18,40-42H2,(H,46,49)(H,47,50)(H,48,51)/p+3. The number of quaternary nitrogens is 3. The second-order valence-electron chi connectivity index (χ2n) is 12.5. The molecule has 0 aliphatic carbocycles. The quantitative estimate of drug-likeness (QED) is 0.0993. The Morgan fingerprint density at radius 3 is 0.981 bits per heavy atom. The van der Waals surface area contributed by atoms with Gasteiger partial charge in [0.1, 0.15) is 50.3 Å². The number of ether oxygens (including phenoxy) is 3. The average molecular weight is 733 g/mol. The molecule has 4 aromatic heterocycles. The van der Waals surface area contributed by atoms with Gasteiger partial charge in [-0.3, -0.25) is 0 Å². The van der Waals surface area contributed by atoms with Crippen LogP contribution in [0.2, 0.25) is 0 Å². The third kappa shape index (κ3) is 7.41. The van der Waals surface area contributed by atoms with Crippen LogP contribution in [0.15, 0.2) is 72.8 Å². The Hall–Kier alpha value is -6.42. The van der Waals surface area contributed by atoms with Crippen molar-refractivity contribution in [2.75, 3.05) is 39.5 Å². The van der Waals surface area contributed by atoms with E-state index in [1.807, 2.05) is 18.2 Å². The van der Waals surface area contributed by atoms with Gasteiger partial charge in [0, 0.05) is 53.6 Å². The lowest BCUT2D eigenvalue weighted by Crippen LogP contribution is -2.50.